The predicted octanol–water partition coefficient (Wildman–Crippen LogP) is -1.08. The van der Waals surface area contributed by atoms with Crippen LogP contribution < -0.4 is 5.73 Å². The van der Waals surface area contributed by atoms with Gasteiger partial charge in [0.2, 0.25) is 0 Å². The molecule has 0 saturated heterocycles. The van der Waals surface area contributed by atoms with Crippen molar-refractivity contribution in [2.45, 2.75) is 20.0 Å². The van der Waals surface area contributed by atoms with Gasteiger partial charge in [-0.2, -0.15) is 0 Å². The second-order valence-electron chi connectivity index (χ2n) is 3.37. The molecule has 8 nitrogen and oxygen atoms in total. The van der Waals surface area contributed by atoms with Crippen LogP contribution >= 0.6 is 0 Å². The van der Waals surface area contributed by atoms with Crippen LogP contribution in [0.2, 0.25) is 0 Å². The number of rotatable bonds is 8. The lowest BCUT2D eigenvalue weighted by atomic mass is 10.3. The zero-order valence-corrected chi connectivity index (χ0v) is 10.3. The summed E-state index contributed by atoms with van der Waals surface area (Å²) < 4.78 is 11.5. The predicted molar refractivity (Wildman–Crippen MR) is 61.8 cm³/mol. The topological polar surface area (TPSA) is 112 Å². The summed E-state index contributed by atoms with van der Waals surface area (Å²) in [6, 6.07) is 0. The monoisotopic (exact) mass is 258 g/mol. The fourth-order valence-corrected chi connectivity index (χ4v) is 1.39. The number of carbonyl (C=O) groups is 1. The lowest BCUT2D eigenvalue weighted by Crippen LogP contribution is -2.16. The number of nitrogens with zero attached hydrogens (tertiary/aromatic N) is 3. The Balaban J connectivity index is 2.66. The van der Waals surface area contributed by atoms with E-state index in [0.29, 0.717) is 18.8 Å². The van der Waals surface area contributed by atoms with Gasteiger partial charge >= 0.3 is 5.97 Å². The Morgan fingerprint density at radius 1 is 1.50 bits per heavy atom. The molecule has 1 aromatic heterocycles. The van der Waals surface area contributed by atoms with Crippen molar-refractivity contribution < 1.29 is 19.4 Å². The van der Waals surface area contributed by atoms with E-state index >= 15 is 0 Å². The van der Waals surface area contributed by atoms with Gasteiger partial charge in [-0.25, -0.2) is 9.48 Å². The molecule has 1 aromatic rings. The third kappa shape index (κ3) is 3.76. The molecule has 8 heteroatoms. The van der Waals surface area contributed by atoms with E-state index in [1.54, 1.807) is 6.92 Å². The zero-order valence-electron chi connectivity index (χ0n) is 10.3. The molecule has 0 aliphatic heterocycles. The van der Waals surface area contributed by atoms with Crippen molar-refractivity contribution >= 4 is 5.97 Å². The molecule has 0 bridgehead atoms. The van der Waals surface area contributed by atoms with E-state index in [1.807, 2.05) is 0 Å². The van der Waals surface area contributed by atoms with Crippen molar-refractivity contribution in [2.75, 3.05) is 26.4 Å². The first-order valence-electron chi connectivity index (χ1n) is 5.72. The Morgan fingerprint density at radius 2 is 2.28 bits per heavy atom. The number of hydrogen-bond acceptors (Lipinski definition) is 7. The van der Waals surface area contributed by atoms with Crippen LogP contribution in [0.15, 0.2) is 0 Å². The summed E-state index contributed by atoms with van der Waals surface area (Å²) in [5.41, 5.74) is 6.23. The molecular formula is C10H18N4O4. The van der Waals surface area contributed by atoms with Crippen molar-refractivity contribution in [3.8, 4) is 0 Å². The maximum atomic E-state index is 11.6. The Bertz CT molecular complexity index is 380. The van der Waals surface area contributed by atoms with Gasteiger partial charge in [-0.05, 0) is 6.92 Å². The van der Waals surface area contributed by atoms with Crippen LogP contribution in [0.3, 0.4) is 0 Å². The van der Waals surface area contributed by atoms with Crippen molar-refractivity contribution in [3.63, 3.8) is 0 Å². The normalized spacial score (nSPS) is 10.6. The van der Waals surface area contributed by atoms with Crippen LogP contribution in [0.25, 0.3) is 0 Å². The Hall–Kier alpha value is -1.51. The van der Waals surface area contributed by atoms with Gasteiger partial charge in [0, 0.05) is 6.54 Å². The van der Waals surface area contributed by atoms with Crippen LogP contribution in [0.5, 0.6) is 0 Å². The molecule has 18 heavy (non-hydrogen) atoms. The molecule has 0 amide bonds. The highest BCUT2D eigenvalue weighted by Gasteiger charge is 2.19. The minimum Gasteiger partial charge on any atom is -0.461 e. The molecule has 3 N–H and O–H groups in total. The SMILES string of the molecule is CCOC(=O)c1nnn(CCOCCO)c1CN. The quantitative estimate of drug-likeness (QED) is 0.450. The molecule has 0 fully saturated rings. The standard InChI is InChI=1S/C10H18N4O4/c1-2-18-10(16)9-8(7-11)14(13-12-9)3-5-17-6-4-15/h15H,2-7,11H2,1H3. The van der Waals surface area contributed by atoms with Gasteiger partial charge in [0.05, 0.1) is 38.7 Å². The third-order valence-corrected chi connectivity index (χ3v) is 2.18. The number of carbonyl (C=O) groups excluding carboxylic acids is 1. The van der Waals surface area contributed by atoms with Crippen molar-refractivity contribution in [1.29, 1.82) is 0 Å². The molecule has 1 heterocycles. The number of aliphatic hydroxyl groups excluding tert-OH is 1. The minimum atomic E-state index is -0.527. The van der Waals surface area contributed by atoms with Crippen LogP contribution in [-0.2, 0) is 22.6 Å². The number of nitrogens with two attached hydrogens (primary N) is 1. The fraction of sp³-hybridized carbons (Fsp3) is 0.700. The smallest absolute Gasteiger partial charge is 0.360 e. The zero-order chi connectivity index (χ0) is 13.4. The van der Waals surface area contributed by atoms with Gasteiger partial charge in [0.1, 0.15) is 0 Å². The highest BCUT2D eigenvalue weighted by Crippen LogP contribution is 2.06. The molecule has 1 rings (SSSR count). The first kappa shape index (κ1) is 14.6. The van der Waals surface area contributed by atoms with Crippen LogP contribution in [0.1, 0.15) is 23.1 Å². The molecule has 0 aliphatic rings. The molecule has 0 unspecified atom stereocenters. The molecule has 0 atom stereocenters. The van der Waals surface area contributed by atoms with Gasteiger partial charge in [-0.1, -0.05) is 5.21 Å². The van der Waals surface area contributed by atoms with Crippen LogP contribution in [0.4, 0.5) is 0 Å². The Kier molecular flexibility index (Phi) is 6.26. The number of esters is 1. The number of aliphatic hydroxyl groups is 1. The fourth-order valence-electron chi connectivity index (χ4n) is 1.39. The second kappa shape index (κ2) is 7.75. The molecule has 102 valence electrons. The molecule has 0 aromatic carbocycles. The van der Waals surface area contributed by atoms with Gasteiger partial charge in [-0.3, -0.25) is 0 Å². The molecule has 0 spiro atoms. The largest absolute Gasteiger partial charge is 0.461 e. The van der Waals surface area contributed by atoms with E-state index in [0.717, 1.165) is 0 Å². The molecule has 0 saturated carbocycles. The van der Waals surface area contributed by atoms with E-state index in [4.69, 9.17) is 20.3 Å². The molecular weight excluding hydrogens is 240 g/mol. The van der Waals surface area contributed by atoms with Gasteiger partial charge in [-0.15, -0.1) is 5.10 Å². The summed E-state index contributed by atoms with van der Waals surface area (Å²) in [5, 5.41) is 16.1. The number of hydrogen-bond donors (Lipinski definition) is 2. The average molecular weight is 258 g/mol. The van der Waals surface area contributed by atoms with Gasteiger partial charge in [0.25, 0.3) is 0 Å². The van der Waals surface area contributed by atoms with E-state index in [2.05, 4.69) is 10.3 Å². The molecule has 0 radical (unpaired) electrons. The summed E-state index contributed by atoms with van der Waals surface area (Å²) in [4.78, 5) is 11.6. The highest BCUT2D eigenvalue weighted by atomic mass is 16.5. The maximum absolute atomic E-state index is 11.6. The van der Waals surface area contributed by atoms with E-state index in [-0.39, 0.29) is 32.1 Å². The summed E-state index contributed by atoms with van der Waals surface area (Å²) in [5.74, 6) is -0.527. The van der Waals surface area contributed by atoms with Crippen molar-refractivity contribution in [3.05, 3.63) is 11.4 Å². The average Bonchev–Trinajstić information content (AvgIpc) is 2.78. The van der Waals surface area contributed by atoms with Gasteiger partial charge in [0.15, 0.2) is 5.69 Å². The van der Waals surface area contributed by atoms with Crippen molar-refractivity contribution in [1.82, 2.24) is 15.0 Å². The first-order valence-corrected chi connectivity index (χ1v) is 5.72. The van der Waals surface area contributed by atoms with E-state index in [1.165, 1.54) is 4.68 Å². The Morgan fingerprint density at radius 3 is 2.89 bits per heavy atom. The van der Waals surface area contributed by atoms with Crippen molar-refractivity contribution in [2.24, 2.45) is 5.73 Å². The van der Waals surface area contributed by atoms with Crippen LogP contribution in [0, 0.1) is 0 Å². The second-order valence-corrected chi connectivity index (χ2v) is 3.37. The minimum absolute atomic E-state index is 0.0326. The summed E-state index contributed by atoms with van der Waals surface area (Å²) >= 11 is 0. The number of ether oxygens (including phenoxy) is 2. The van der Waals surface area contributed by atoms with E-state index < -0.39 is 5.97 Å². The Labute approximate surface area is 105 Å². The lowest BCUT2D eigenvalue weighted by molar-refractivity contribution is 0.0517. The van der Waals surface area contributed by atoms with E-state index in [9.17, 15) is 4.79 Å². The first-order chi connectivity index (χ1) is 8.74. The molecule has 0 aliphatic carbocycles. The lowest BCUT2D eigenvalue weighted by Gasteiger charge is -2.06. The number of aromatic nitrogens is 3. The maximum Gasteiger partial charge on any atom is 0.360 e. The van der Waals surface area contributed by atoms with Crippen LogP contribution in [-0.4, -0.2) is 52.5 Å². The summed E-state index contributed by atoms with van der Waals surface area (Å²) in [6.07, 6.45) is 0. The third-order valence-electron chi connectivity index (χ3n) is 2.18. The van der Waals surface area contributed by atoms with Gasteiger partial charge < -0.3 is 20.3 Å². The summed E-state index contributed by atoms with van der Waals surface area (Å²) in [6.45, 7) is 3.13. The summed E-state index contributed by atoms with van der Waals surface area (Å²) in [7, 11) is 0. The highest BCUT2D eigenvalue weighted by molar-refractivity contribution is 5.88.